The highest BCUT2D eigenvalue weighted by Crippen LogP contribution is 2.26. The molecule has 2 amide bonds. The molecule has 1 saturated heterocycles. The van der Waals surface area contributed by atoms with E-state index in [0.717, 1.165) is 12.0 Å². The number of aryl methyl sites for hydroxylation is 1. The highest BCUT2D eigenvalue weighted by atomic mass is 16.2. The number of piperidine rings is 1. The molecule has 0 spiro atoms. The van der Waals surface area contributed by atoms with Gasteiger partial charge < -0.3 is 21.7 Å². The number of hydrogen-bond acceptors (Lipinski definition) is 6. The standard InChI is InChI=1S/C21H30N6O2/c1-5-15-9-16(11-25-19(15)23)26-20(28)21(29)27-12-13(3)7-8-17(27)14(4)10-24-18(22)6-2/h6,9-11,13,17H,4-5,7-8,12,22H2,1-3H3,(H2,23,25)(H,26,28)/b18-6-,24-10?/t13-,17+/m1/s1. The molecular formula is C21H30N6O2. The number of amides is 2. The Kier molecular flexibility index (Phi) is 7.52. The second-order valence-electron chi connectivity index (χ2n) is 7.28. The third-order valence-electron chi connectivity index (χ3n) is 5.02. The van der Waals surface area contributed by atoms with Crippen LogP contribution < -0.4 is 16.8 Å². The molecule has 0 aliphatic carbocycles. The Balaban J connectivity index is 2.16. The number of nitrogen functional groups attached to an aromatic ring is 1. The van der Waals surface area contributed by atoms with E-state index in [1.807, 2.05) is 6.92 Å². The van der Waals surface area contributed by atoms with Gasteiger partial charge in [-0.1, -0.05) is 20.4 Å². The van der Waals surface area contributed by atoms with Crippen molar-refractivity contribution < 1.29 is 9.59 Å². The second-order valence-corrected chi connectivity index (χ2v) is 7.28. The van der Waals surface area contributed by atoms with Gasteiger partial charge in [-0.05, 0) is 55.4 Å². The first-order valence-electron chi connectivity index (χ1n) is 9.77. The molecular weight excluding hydrogens is 368 g/mol. The molecule has 0 saturated carbocycles. The lowest BCUT2D eigenvalue weighted by Crippen LogP contribution is -2.51. The molecule has 0 bridgehead atoms. The third kappa shape index (κ3) is 5.66. The number of nitrogens with zero attached hydrogens (tertiary/aromatic N) is 3. The average Bonchev–Trinajstić information content (AvgIpc) is 2.72. The SMILES string of the molecule is C=C(C=N/C(N)=C\C)[C@@H]1CC[C@@H](C)CN1C(=O)C(=O)Nc1cnc(N)c(CC)c1. The summed E-state index contributed by atoms with van der Waals surface area (Å²) in [6.45, 7) is 10.3. The van der Waals surface area contributed by atoms with Crippen LogP contribution >= 0.6 is 0 Å². The molecule has 1 fully saturated rings. The minimum atomic E-state index is -0.713. The monoisotopic (exact) mass is 398 g/mol. The van der Waals surface area contributed by atoms with E-state index in [-0.39, 0.29) is 6.04 Å². The summed E-state index contributed by atoms with van der Waals surface area (Å²) in [5, 5.41) is 2.63. The minimum Gasteiger partial charge on any atom is -0.384 e. The number of carbonyl (C=O) groups excluding carboxylic acids is 2. The predicted octanol–water partition coefficient (Wildman–Crippen LogP) is 2.24. The van der Waals surface area contributed by atoms with Gasteiger partial charge in [0, 0.05) is 12.8 Å². The van der Waals surface area contributed by atoms with Gasteiger partial charge in [-0.3, -0.25) is 9.59 Å². The first-order valence-corrected chi connectivity index (χ1v) is 9.77. The summed E-state index contributed by atoms with van der Waals surface area (Å²) >= 11 is 0. The van der Waals surface area contributed by atoms with E-state index in [1.165, 1.54) is 6.20 Å². The Morgan fingerprint density at radius 3 is 2.83 bits per heavy atom. The maximum Gasteiger partial charge on any atom is 0.313 e. The van der Waals surface area contributed by atoms with Crippen LogP contribution in [0.25, 0.3) is 0 Å². The molecule has 5 N–H and O–H groups in total. The fourth-order valence-electron chi connectivity index (χ4n) is 3.27. The zero-order valence-electron chi connectivity index (χ0n) is 17.3. The van der Waals surface area contributed by atoms with Crippen LogP contribution in [0.1, 0.15) is 39.2 Å². The van der Waals surface area contributed by atoms with Gasteiger partial charge in [0.15, 0.2) is 0 Å². The number of allylic oxidation sites excluding steroid dienone is 1. The lowest BCUT2D eigenvalue weighted by molar-refractivity contribution is -0.145. The van der Waals surface area contributed by atoms with Crippen molar-refractivity contribution in [1.82, 2.24) is 9.88 Å². The lowest BCUT2D eigenvalue weighted by atomic mass is 9.90. The largest absolute Gasteiger partial charge is 0.384 e. The normalized spacial score (nSPS) is 20.0. The van der Waals surface area contributed by atoms with E-state index in [2.05, 4.69) is 28.8 Å². The van der Waals surface area contributed by atoms with Crippen molar-refractivity contribution in [3.8, 4) is 0 Å². The van der Waals surface area contributed by atoms with E-state index in [4.69, 9.17) is 11.5 Å². The van der Waals surface area contributed by atoms with Gasteiger partial charge in [-0.2, -0.15) is 0 Å². The molecule has 0 aromatic carbocycles. The molecule has 29 heavy (non-hydrogen) atoms. The summed E-state index contributed by atoms with van der Waals surface area (Å²) in [5.74, 6) is -0.245. The first-order chi connectivity index (χ1) is 13.8. The summed E-state index contributed by atoms with van der Waals surface area (Å²) in [4.78, 5) is 35.3. The smallest absolute Gasteiger partial charge is 0.313 e. The van der Waals surface area contributed by atoms with E-state index in [9.17, 15) is 9.59 Å². The van der Waals surface area contributed by atoms with E-state index in [0.29, 0.717) is 48.2 Å². The summed E-state index contributed by atoms with van der Waals surface area (Å²) in [5.41, 5.74) is 13.4. The molecule has 156 valence electrons. The van der Waals surface area contributed by atoms with Crippen LogP contribution in [0.3, 0.4) is 0 Å². The third-order valence-corrected chi connectivity index (χ3v) is 5.02. The van der Waals surface area contributed by atoms with Gasteiger partial charge in [0.25, 0.3) is 0 Å². The Bertz CT molecular complexity index is 846. The topological polar surface area (TPSA) is 127 Å². The number of aliphatic imine (C=N–C) groups is 1. The van der Waals surface area contributed by atoms with Crippen LogP contribution in [0, 0.1) is 5.92 Å². The van der Waals surface area contributed by atoms with E-state index in [1.54, 1.807) is 30.2 Å². The van der Waals surface area contributed by atoms with Crippen LogP contribution in [-0.4, -0.2) is 40.5 Å². The molecule has 0 unspecified atom stereocenters. The summed E-state index contributed by atoms with van der Waals surface area (Å²) < 4.78 is 0. The molecule has 2 rings (SSSR count). The van der Waals surface area contributed by atoms with Gasteiger partial charge >= 0.3 is 11.8 Å². The van der Waals surface area contributed by atoms with Crippen LogP contribution in [-0.2, 0) is 16.0 Å². The van der Waals surface area contributed by atoms with Gasteiger partial charge in [0.05, 0.1) is 17.9 Å². The molecule has 8 heteroatoms. The number of aromatic nitrogens is 1. The van der Waals surface area contributed by atoms with Crippen molar-refractivity contribution in [2.75, 3.05) is 17.6 Å². The van der Waals surface area contributed by atoms with Gasteiger partial charge in [-0.25, -0.2) is 9.98 Å². The quantitative estimate of drug-likeness (QED) is 0.518. The average molecular weight is 399 g/mol. The van der Waals surface area contributed by atoms with Gasteiger partial charge in [0.1, 0.15) is 11.6 Å². The molecule has 1 aliphatic heterocycles. The molecule has 1 aliphatic rings. The van der Waals surface area contributed by atoms with E-state index < -0.39 is 11.8 Å². The fourth-order valence-corrected chi connectivity index (χ4v) is 3.27. The van der Waals surface area contributed by atoms with Crippen molar-refractivity contribution in [1.29, 1.82) is 0 Å². The summed E-state index contributed by atoms with van der Waals surface area (Å²) in [6, 6.07) is 1.43. The van der Waals surface area contributed by atoms with Crippen molar-refractivity contribution in [2.45, 2.75) is 46.1 Å². The van der Waals surface area contributed by atoms with Crippen LogP contribution in [0.2, 0.25) is 0 Å². The van der Waals surface area contributed by atoms with Crippen LogP contribution in [0.4, 0.5) is 11.5 Å². The van der Waals surface area contributed by atoms with E-state index >= 15 is 0 Å². The molecule has 8 nitrogen and oxygen atoms in total. The van der Waals surface area contributed by atoms with Crippen molar-refractivity contribution in [3.05, 3.63) is 41.9 Å². The summed E-state index contributed by atoms with van der Waals surface area (Å²) in [6.07, 6.45) is 7.01. The number of nitrogens with one attached hydrogen (secondary N) is 1. The van der Waals surface area contributed by atoms with Gasteiger partial charge in [0.2, 0.25) is 0 Å². The maximum absolute atomic E-state index is 12.9. The molecule has 0 radical (unpaired) electrons. The highest BCUT2D eigenvalue weighted by Gasteiger charge is 2.34. The molecule has 1 aromatic heterocycles. The minimum absolute atomic E-state index is 0.290. The Morgan fingerprint density at radius 1 is 1.45 bits per heavy atom. The Morgan fingerprint density at radius 2 is 2.17 bits per heavy atom. The first kappa shape index (κ1) is 22.1. The maximum atomic E-state index is 12.9. The van der Waals surface area contributed by atoms with Gasteiger partial charge in [-0.15, -0.1) is 0 Å². The zero-order chi connectivity index (χ0) is 21.6. The number of hydrogen-bond donors (Lipinski definition) is 3. The van der Waals surface area contributed by atoms with Crippen LogP contribution in [0.5, 0.6) is 0 Å². The Hall–Kier alpha value is -3.16. The fraction of sp³-hybridized carbons (Fsp3) is 0.429. The number of nitrogens with two attached hydrogens (primary N) is 2. The Labute approximate surface area is 171 Å². The number of anilines is 2. The van der Waals surface area contributed by atoms with Crippen molar-refractivity contribution in [3.63, 3.8) is 0 Å². The zero-order valence-corrected chi connectivity index (χ0v) is 17.3. The number of rotatable bonds is 5. The molecule has 2 heterocycles. The summed E-state index contributed by atoms with van der Waals surface area (Å²) in [7, 11) is 0. The van der Waals surface area contributed by atoms with Crippen LogP contribution in [0.15, 0.2) is 41.3 Å². The second kappa shape index (κ2) is 9.86. The lowest BCUT2D eigenvalue weighted by Gasteiger charge is -2.38. The number of pyridine rings is 1. The number of likely N-dealkylation sites (tertiary alicyclic amines) is 1. The molecule has 2 atom stereocenters. The predicted molar refractivity (Wildman–Crippen MR) is 116 cm³/mol. The number of carbonyl (C=O) groups is 2. The highest BCUT2D eigenvalue weighted by molar-refractivity contribution is 6.39. The molecule has 1 aromatic rings. The van der Waals surface area contributed by atoms with Crippen molar-refractivity contribution >= 4 is 29.5 Å². The van der Waals surface area contributed by atoms with Crippen molar-refractivity contribution in [2.24, 2.45) is 16.6 Å².